The van der Waals surface area contributed by atoms with Crippen molar-refractivity contribution in [3.05, 3.63) is 46.2 Å². The summed E-state index contributed by atoms with van der Waals surface area (Å²) in [5, 5.41) is 13.6. The van der Waals surface area contributed by atoms with Crippen molar-refractivity contribution < 1.29 is 18.9 Å². The fourth-order valence-electron chi connectivity index (χ4n) is 3.51. The van der Waals surface area contributed by atoms with Gasteiger partial charge in [0.1, 0.15) is 11.4 Å². The maximum atomic E-state index is 12.3. The lowest BCUT2D eigenvalue weighted by Gasteiger charge is -2.31. The number of nitrogens with one attached hydrogen (secondary N) is 1. The van der Waals surface area contributed by atoms with Crippen LogP contribution in [0.5, 0.6) is 0 Å². The fraction of sp³-hybridized carbons (Fsp3) is 0.400. The Kier molecular flexibility index (Phi) is 6.16. The van der Waals surface area contributed by atoms with Gasteiger partial charge in [0.2, 0.25) is 5.91 Å². The first-order chi connectivity index (χ1) is 13.9. The highest BCUT2D eigenvalue weighted by Gasteiger charge is 2.23. The standard InChI is InChI=1S/C20H24N4O5/c1-23(14-5-3-2-4-6-14)19(25)12-22-20(26)18-10-9-17(29-18)13-7-8-15(21)16(11-13)24(27)28/h7-11,14H,2-6,12,21H2,1H3,(H,22,26). The number of hydrogen-bond acceptors (Lipinski definition) is 6. The second kappa shape index (κ2) is 8.76. The SMILES string of the molecule is CN(C(=O)CNC(=O)c1ccc(-c2ccc(N)c([N+](=O)[O-])c2)o1)C1CCCCC1. The minimum atomic E-state index is -0.580. The van der Waals surface area contributed by atoms with Crippen LogP contribution in [0.25, 0.3) is 11.3 Å². The Balaban J connectivity index is 1.61. The van der Waals surface area contributed by atoms with Gasteiger partial charge in [0.05, 0.1) is 11.5 Å². The van der Waals surface area contributed by atoms with Crippen molar-refractivity contribution in [1.82, 2.24) is 10.2 Å². The number of nitrogens with zero attached hydrogens (tertiary/aromatic N) is 2. The Morgan fingerprint density at radius 1 is 1.24 bits per heavy atom. The van der Waals surface area contributed by atoms with Crippen molar-refractivity contribution in [2.75, 3.05) is 19.3 Å². The van der Waals surface area contributed by atoms with Gasteiger partial charge >= 0.3 is 0 Å². The molecule has 1 fully saturated rings. The van der Waals surface area contributed by atoms with Crippen LogP contribution in [0.2, 0.25) is 0 Å². The van der Waals surface area contributed by atoms with Crippen LogP contribution in [0.4, 0.5) is 11.4 Å². The van der Waals surface area contributed by atoms with E-state index in [1.807, 2.05) is 0 Å². The van der Waals surface area contributed by atoms with Crippen LogP contribution in [-0.2, 0) is 4.79 Å². The summed E-state index contributed by atoms with van der Waals surface area (Å²) >= 11 is 0. The molecule has 29 heavy (non-hydrogen) atoms. The number of nitrogens with two attached hydrogens (primary N) is 1. The Labute approximate surface area is 168 Å². The molecule has 1 aliphatic rings. The second-order valence-corrected chi connectivity index (χ2v) is 7.17. The number of nitro benzene ring substituents is 1. The van der Waals surface area contributed by atoms with E-state index in [0.717, 1.165) is 25.7 Å². The van der Waals surface area contributed by atoms with Gasteiger partial charge in [-0.15, -0.1) is 0 Å². The molecule has 1 saturated carbocycles. The van der Waals surface area contributed by atoms with E-state index in [4.69, 9.17) is 10.2 Å². The van der Waals surface area contributed by atoms with Crippen LogP contribution < -0.4 is 11.1 Å². The summed E-state index contributed by atoms with van der Waals surface area (Å²) in [6, 6.07) is 7.51. The number of carbonyl (C=O) groups excluding carboxylic acids is 2. The smallest absolute Gasteiger partial charge is 0.292 e. The van der Waals surface area contributed by atoms with E-state index in [2.05, 4.69) is 5.32 Å². The van der Waals surface area contributed by atoms with Gasteiger partial charge < -0.3 is 20.4 Å². The summed E-state index contributed by atoms with van der Waals surface area (Å²) in [5.41, 5.74) is 5.83. The zero-order valence-electron chi connectivity index (χ0n) is 16.2. The molecule has 0 unspecified atom stereocenters. The Morgan fingerprint density at radius 2 is 1.97 bits per heavy atom. The van der Waals surface area contributed by atoms with E-state index in [1.54, 1.807) is 24.1 Å². The number of rotatable bonds is 6. The maximum Gasteiger partial charge on any atom is 0.292 e. The van der Waals surface area contributed by atoms with Crippen LogP contribution in [0.1, 0.15) is 42.7 Å². The molecule has 0 saturated heterocycles. The number of nitro groups is 1. The third-order valence-corrected chi connectivity index (χ3v) is 5.26. The minimum absolute atomic E-state index is 0.0209. The van der Waals surface area contributed by atoms with E-state index in [9.17, 15) is 19.7 Å². The van der Waals surface area contributed by atoms with Crippen molar-refractivity contribution in [2.45, 2.75) is 38.1 Å². The zero-order valence-corrected chi connectivity index (χ0v) is 16.2. The molecule has 1 aliphatic carbocycles. The molecule has 1 heterocycles. The van der Waals surface area contributed by atoms with Gasteiger partial charge in [-0.25, -0.2) is 0 Å². The van der Waals surface area contributed by atoms with Crippen molar-refractivity contribution in [3.8, 4) is 11.3 Å². The molecule has 1 aromatic carbocycles. The number of carbonyl (C=O) groups is 2. The van der Waals surface area contributed by atoms with Gasteiger partial charge in [0.15, 0.2) is 5.76 Å². The number of furan rings is 1. The van der Waals surface area contributed by atoms with Crippen LogP contribution in [0.3, 0.4) is 0 Å². The number of hydrogen-bond donors (Lipinski definition) is 2. The lowest BCUT2D eigenvalue weighted by atomic mass is 9.94. The molecule has 0 spiro atoms. The Bertz CT molecular complexity index is 917. The molecule has 154 valence electrons. The molecule has 0 aliphatic heterocycles. The predicted octanol–water partition coefficient (Wildman–Crippen LogP) is 2.96. The fourth-order valence-corrected chi connectivity index (χ4v) is 3.51. The molecular weight excluding hydrogens is 376 g/mol. The Morgan fingerprint density at radius 3 is 2.66 bits per heavy atom. The number of amides is 2. The molecule has 0 radical (unpaired) electrons. The predicted molar refractivity (Wildman–Crippen MR) is 107 cm³/mol. The molecule has 9 nitrogen and oxygen atoms in total. The monoisotopic (exact) mass is 400 g/mol. The molecule has 2 aromatic rings. The maximum absolute atomic E-state index is 12.3. The molecule has 9 heteroatoms. The first-order valence-electron chi connectivity index (χ1n) is 9.55. The molecule has 3 N–H and O–H groups in total. The van der Waals surface area contributed by atoms with Gasteiger partial charge in [-0.1, -0.05) is 19.3 Å². The van der Waals surface area contributed by atoms with E-state index in [-0.39, 0.29) is 35.6 Å². The van der Waals surface area contributed by atoms with Gasteiger partial charge in [-0.3, -0.25) is 19.7 Å². The molecular formula is C20H24N4O5. The lowest BCUT2D eigenvalue weighted by molar-refractivity contribution is -0.383. The van der Waals surface area contributed by atoms with Crippen LogP contribution in [0.15, 0.2) is 34.7 Å². The average Bonchev–Trinajstić information content (AvgIpc) is 3.22. The van der Waals surface area contributed by atoms with Gasteiger partial charge in [-0.05, 0) is 37.1 Å². The van der Waals surface area contributed by atoms with Crippen molar-refractivity contribution >= 4 is 23.2 Å². The summed E-state index contributed by atoms with van der Waals surface area (Å²) in [5.74, 6) is -0.353. The highest BCUT2D eigenvalue weighted by atomic mass is 16.6. The van der Waals surface area contributed by atoms with Crippen molar-refractivity contribution in [1.29, 1.82) is 0 Å². The van der Waals surface area contributed by atoms with Crippen molar-refractivity contribution in [2.24, 2.45) is 0 Å². The summed E-state index contributed by atoms with van der Waals surface area (Å²) in [6.07, 6.45) is 5.42. The summed E-state index contributed by atoms with van der Waals surface area (Å²) in [6.45, 7) is -0.116. The zero-order chi connectivity index (χ0) is 21.0. The minimum Gasteiger partial charge on any atom is -0.451 e. The van der Waals surface area contributed by atoms with Gasteiger partial charge in [0, 0.05) is 24.7 Å². The topological polar surface area (TPSA) is 132 Å². The summed E-state index contributed by atoms with van der Waals surface area (Å²) in [7, 11) is 1.77. The molecule has 2 amide bonds. The number of likely N-dealkylation sites (N-methyl/N-ethyl adjacent to an activating group) is 1. The summed E-state index contributed by atoms with van der Waals surface area (Å²) < 4.78 is 5.51. The number of benzene rings is 1. The van der Waals surface area contributed by atoms with Crippen LogP contribution in [0, 0.1) is 10.1 Å². The lowest BCUT2D eigenvalue weighted by Crippen LogP contribution is -2.44. The van der Waals surface area contributed by atoms with E-state index in [0.29, 0.717) is 11.3 Å². The van der Waals surface area contributed by atoms with E-state index in [1.165, 1.54) is 24.6 Å². The highest BCUT2D eigenvalue weighted by Crippen LogP contribution is 2.30. The highest BCUT2D eigenvalue weighted by molar-refractivity contribution is 5.94. The van der Waals surface area contributed by atoms with Crippen LogP contribution >= 0.6 is 0 Å². The quantitative estimate of drug-likeness (QED) is 0.435. The molecule has 3 rings (SSSR count). The molecule has 1 aromatic heterocycles. The molecule has 0 atom stereocenters. The van der Waals surface area contributed by atoms with Crippen molar-refractivity contribution in [3.63, 3.8) is 0 Å². The van der Waals surface area contributed by atoms with E-state index < -0.39 is 10.8 Å². The van der Waals surface area contributed by atoms with E-state index >= 15 is 0 Å². The van der Waals surface area contributed by atoms with Crippen LogP contribution in [-0.4, -0.2) is 41.3 Å². The third kappa shape index (κ3) is 4.74. The molecule has 0 bridgehead atoms. The Hall–Kier alpha value is -3.36. The normalized spacial score (nSPS) is 14.4. The first-order valence-corrected chi connectivity index (χ1v) is 9.55. The largest absolute Gasteiger partial charge is 0.451 e. The number of anilines is 1. The van der Waals surface area contributed by atoms with Gasteiger partial charge in [0.25, 0.3) is 11.6 Å². The van der Waals surface area contributed by atoms with Gasteiger partial charge in [-0.2, -0.15) is 0 Å². The third-order valence-electron chi connectivity index (χ3n) is 5.26. The second-order valence-electron chi connectivity index (χ2n) is 7.17. The first kappa shape index (κ1) is 20.4. The summed E-state index contributed by atoms with van der Waals surface area (Å²) in [4.78, 5) is 36.8. The number of nitrogen functional groups attached to an aromatic ring is 1. The average molecular weight is 400 g/mol.